The predicted molar refractivity (Wildman–Crippen MR) is 85.8 cm³/mol. The Morgan fingerprint density at radius 2 is 1.92 bits per heavy atom. The molecule has 0 radical (unpaired) electrons. The van der Waals surface area contributed by atoms with E-state index in [0.29, 0.717) is 16.8 Å². The topological polar surface area (TPSA) is 53.3 Å². The number of ether oxygens (including phenoxy) is 1. The van der Waals surface area contributed by atoms with Gasteiger partial charge in [-0.25, -0.2) is 0 Å². The van der Waals surface area contributed by atoms with Crippen molar-refractivity contribution in [3.63, 3.8) is 0 Å². The molecular weight excluding hydrogens is 333 g/mol. The van der Waals surface area contributed by atoms with Gasteiger partial charge in [-0.3, -0.25) is 4.79 Å². The van der Waals surface area contributed by atoms with Crippen LogP contribution in [0.5, 0.6) is 5.75 Å². The largest absolute Gasteiger partial charge is 0.573 e. The average molecular weight is 348 g/mol. The number of alkyl halides is 3. The number of carbonyl (C=O) groups is 1. The van der Waals surface area contributed by atoms with Crippen molar-refractivity contribution in [3.8, 4) is 11.8 Å². The fourth-order valence-corrected chi connectivity index (χ4v) is 2.28. The smallest absolute Gasteiger partial charge is 0.406 e. The summed E-state index contributed by atoms with van der Waals surface area (Å²) in [5.74, 6) is -0.558. The molecule has 0 bridgehead atoms. The molecule has 25 heavy (non-hydrogen) atoms. The highest BCUT2D eigenvalue weighted by Gasteiger charge is 2.31. The van der Waals surface area contributed by atoms with Crippen LogP contribution in [0, 0.1) is 11.3 Å². The van der Waals surface area contributed by atoms with Gasteiger partial charge in [-0.05, 0) is 35.9 Å². The summed E-state index contributed by atoms with van der Waals surface area (Å²) in [6.45, 7) is 1.75. The van der Waals surface area contributed by atoms with E-state index in [0.717, 1.165) is 0 Å². The van der Waals surface area contributed by atoms with E-state index in [9.17, 15) is 18.0 Å². The van der Waals surface area contributed by atoms with Crippen molar-refractivity contribution in [2.24, 2.45) is 0 Å². The summed E-state index contributed by atoms with van der Waals surface area (Å²) in [7, 11) is 0. The van der Waals surface area contributed by atoms with Crippen molar-refractivity contribution < 1.29 is 22.7 Å². The maximum Gasteiger partial charge on any atom is 0.573 e. The maximum atomic E-state index is 12.3. The third-order valence-corrected chi connectivity index (χ3v) is 3.36. The molecule has 0 aromatic heterocycles. The summed E-state index contributed by atoms with van der Waals surface area (Å²) in [5.41, 5.74) is 1.37. The molecule has 2 aromatic carbocycles. The van der Waals surface area contributed by atoms with Crippen molar-refractivity contribution in [1.82, 2.24) is 0 Å². The number of nitrogens with zero attached hydrogens (tertiary/aromatic N) is 2. The van der Waals surface area contributed by atoms with Gasteiger partial charge in [0.1, 0.15) is 5.75 Å². The van der Waals surface area contributed by atoms with Crippen molar-refractivity contribution in [1.29, 1.82) is 5.26 Å². The first kappa shape index (κ1) is 18.3. The Labute approximate surface area is 143 Å². The first-order chi connectivity index (χ1) is 11.8. The standard InChI is InChI=1S/C18H15F3N2O2/c1-2-17(24)23(15-7-3-5-13(9-15)11-22)12-14-6-4-8-16(10-14)25-18(19,20)21/h3-10H,2,12H2,1H3. The summed E-state index contributed by atoms with van der Waals surface area (Å²) in [5, 5.41) is 9.00. The van der Waals surface area contributed by atoms with Crippen LogP contribution < -0.4 is 9.64 Å². The minimum Gasteiger partial charge on any atom is -0.406 e. The SMILES string of the molecule is CCC(=O)N(Cc1cccc(OC(F)(F)F)c1)c1cccc(C#N)c1. The molecule has 0 spiro atoms. The van der Waals surface area contributed by atoms with Gasteiger partial charge in [0.2, 0.25) is 5.91 Å². The number of hydrogen-bond acceptors (Lipinski definition) is 3. The third kappa shape index (κ3) is 5.24. The molecule has 1 amide bonds. The molecule has 0 aliphatic carbocycles. The van der Waals surface area contributed by atoms with E-state index in [1.807, 2.05) is 6.07 Å². The van der Waals surface area contributed by atoms with Crippen LogP contribution in [-0.2, 0) is 11.3 Å². The zero-order chi connectivity index (χ0) is 18.4. The Bertz CT molecular complexity index is 797. The lowest BCUT2D eigenvalue weighted by atomic mass is 10.1. The van der Waals surface area contributed by atoms with Gasteiger partial charge >= 0.3 is 6.36 Å². The minimum absolute atomic E-state index is 0.0661. The second-order valence-electron chi connectivity index (χ2n) is 5.19. The van der Waals surface area contributed by atoms with Crippen molar-refractivity contribution in [2.75, 3.05) is 4.90 Å². The first-order valence-electron chi connectivity index (χ1n) is 7.47. The zero-order valence-electron chi connectivity index (χ0n) is 13.4. The fraction of sp³-hybridized carbons (Fsp3) is 0.222. The Balaban J connectivity index is 2.30. The summed E-state index contributed by atoms with van der Waals surface area (Å²) in [6.07, 6.45) is -4.56. The van der Waals surface area contributed by atoms with E-state index >= 15 is 0 Å². The van der Waals surface area contributed by atoms with Crippen LogP contribution in [0.1, 0.15) is 24.5 Å². The van der Waals surface area contributed by atoms with Gasteiger partial charge in [0.25, 0.3) is 0 Å². The van der Waals surface area contributed by atoms with Gasteiger partial charge in [0.15, 0.2) is 0 Å². The van der Waals surface area contributed by atoms with Crippen molar-refractivity contribution >= 4 is 11.6 Å². The number of amides is 1. The van der Waals surface area contributed by atoms with Gasteiger partial charge in [-0.1, -0.05) is 25.1 Å². The zero-order valence-corrected chi connectivity index (χ0v) is 13.4. The Morgan fingerprint density at radius 1 is 1.20 bits per heavy atom. The molecular formula is C18H15F3N2O2. The number of hydrogen-bond donors (Lipinski definition) is 0. The molecule has 0 heterocycles. The molecule has 0 saturated carbocycles. The molecule has 2 rings (SSSR count). The molecule has 0 N–H and O–H groups in total. The van der Waals surface area contributed by atoms with Gasteiger partial charge in [0, 0.05) is 12.1 Å². The molecule has 0 aliphatic rings. The summed E-state index contributed by atoms with van der Waals surface area (Å²) in [4.78, 5) is 13.7. The fourth-order valence-electron chi connectivity index (χ4n) is 2.28. The van der Waals surface area contributed by atoms with Gasteiger partial charge in [-0.2, -0.15) is 5.26 Å². The quantitative estimate of drug-likeness (QED) is 0.805. The minimum atomic E-state index is -4.78. The lowest BCUT2D eigenvalue weighted by Crippen LogP contribution is -2.29. The van der Waals surface area contributed by atoms with Gasteiger partial charge in [-0.15, -0.1) is 13.2 Å². The predicted octanol–water partition coefficient (Wildman–Crippen LogP) is 4.40. The highest BCUT2D eigenvalue weighted by molar-refractivity contribution is 5.93. The van der Waals surface area contributed by atoms with E-state index in [1.165, 1.54) is 23.1 Å². The van der Waals surface area contributed by atoms with Crippen LogP contribution in [0.2, 0.25) is 0 Å². The Morgan fingerprint density at radius 3 is 2.56 bits per heavy atom. The second kappa shape index (κ2) is 7.71. The van der Waals surface area contributed by atoms with Gasteiger partial charge in [0.05, 0.1) is 18.2 Å². The van der Waals surface area contributed by atoms with Crippen LogP contribution in [0.4, 0.5) is 18.9 Å². The number of anilines is 1. The van der Waals surface area contributed by atoms with E-state index in [-0.39, 0.29) is 24.6 Å². The summed E-state index contributed by atoms with van der Waals surface area (Å²) < 4.78 is 41.0. The maximum absolute atomic E-state index is 12.3. The normalized spacial score (nSPS) is 10.8. The van der Waals surface area contributed by atoms with E-state index < -0.39 is 6.36 Å². The summed E-state index contributed by atoms with van der Waals surface area (Å²) >= 11 is 0. The van der Waals surface area contributed by atoms with Crippen molar-refractivity contribution in [3.05, 3.63) is 59.7 Å². The van der Waals surface area contributed by atoms with E-state index in [4.69, 9.17) is 5.26 Å². The number of benzene rings is 2. The first-order valence-corrected chi connectivity index (χ1v) is 7.47. The molecule has 0 fully saturated rings. The monoisotopic (exact) mass is 348 g/mol. The van der Waals surface area contributed by atoms with E-state index in [2.05, 4.69) is 4.74 Å². The molecule has 0 unspecified atom stereocenters. The lowest BCUT2D eigenvalue weighted by molar-refractivity contribution is -0.274. The summed E-state index contributed by atoms with van der Waals surface area (Å²) in [6, 6.07) is 13.9. The average Bonchev–Trinajstić information content (AvgIpc) is 2.58. The molecule has 2 aromatic rings. The van der Waals surface area contributed by atoms with E-state index in [1.54, 1.807) is 37.3 Å². The lowest BCUT2D eigenvalue weighted by Gasteiger charge is -2.23. The van der Waals surface area contributed by atoms with Crippen LogP contribution in [-0.4, -0.2) is 12.3 Å². The molecule has 130 valence electrons. The third-order valence-electron chi connectivity index (χ3n) is 3.36. The number of rotatable bonds is 5. The Hall–Kier alpha value is -3.01. The van der Waals surface area contributed by atoms with Crippen LogP contribution in [0.25, 0.3) is 0 Å². The van der Waals surface area contributed by atoms with Crippen molar-refractivity contribution in [2.45, 2.75) is 26.3 Å². The number of carbonyl (C=O) groups excluding carboxylic acids is 1. The number of halogens is 3. The highest BCUT2D eigenvalue weighted by atomic mass is 19.4. The second-order valence-corrected chi connectivity index (χ2v) is 5.19. The molecule has 0 atom stereocenters. The molecule has 4 nitrogen and oxygen atoms in total. The van der Waals surface area contributed by atoms with Crippen LogP contribution in [0.3, 0.4) is 0 Å². The Kier molecular flexibility index (Phi) is 5.65. The molecule has 7 heteroatoms. The highest BCUT2D eigenvalue weighted by Crippen LogP contribution is 2.25. The van der Waals surface area contributed by atoms with Crippen LogP contribution >= 0.6 is 0 Å². The van der Waals surface area contributed by atoms with Gasteiger partial charge < -0.3 is 9.64 Å². The number of nitriles is 1. The molecule has 0 aliphatic heterocycles. The molecule has 0 saturated heterocycles. The van der Waals surface area contributed by atoms with Crippen LogP contribution in [0.15, 0.2) is 48.5 Å².